The van der Waals surface area contributed by atoms with Crippen molar-refractivity contribution in [1.29, 1.82) is 0 Å². The molecule has 1 aliphatic heterocycles. The summed E-state index contributed by atoms with van der Waals surface area (Å²) in [5.74, 6) is 0.660. The van der Waals surface area contributed by atoms with Gasteiger partial charge in [-0.25, -0.2) is 4.79 Å². The van der Waals surface area contributed by atoms with Crippen molar-refractivity contribution in [3.8, 4) is 0 Å². The van der Waals surface area contributed by atoms with E-state index in [2.05, 4.69) is 17.6 Å². The molecule has 2 aliphatic rings. The maximum absolute atomic E-state index is 11.8. The number of amides is 2. The summed E-state index contributed by atoms with van der Waals surface area (Å²) in [7, 11) is 0. The molecule has 1 aliphatic carbocycles. The predicted molar refractivity (Wildman–Crippen MR) is 73.1 cm³/mol. The molecular weight excluding hydrogens is 244 g/mol. The average molecular weight is 270 g/mol. The summed E-state index contributed by atoms with van der Waals surface area (Å²) in [6.07, 6.45) is 4.92. The van der Waals surface area contributed by atoms with Gasteiger partial charge in [-0.05, 0) is 39.0 Å². The molecule has 1 saturated heterocycles. The Morgan fingerprint density at radius 2 is 2.11 bits per heavy atom. The van der Waals surface area contributed by atoms with E-state index in [-0.39, 0.29) is 24.2 Å². The number of carbonyl (C=O) groups is 1. The van der Waals surface area contributed by atoms with Gasteiger partial charge in [-0.1, -0.05) is 6.42 Å². The molecule has 2 rings (SSSR count). The smallest absolute Gasteiger partial charge is 0.315 e. The van der Waals surface area contributed by atoms with E-state index < -0.39 is 0 Å². The highest BCUT2D eigenvalue weighted by atomic mass is 16.5. The SMILES string of the molecule is C[C@H](CO[C@H]1CCOC1)NC(=O)N[C@@H](C)C1CCC1. The van der Waals surface area contributed by atoms with Gasteiger partial charge in [0.1, 0.15) is 0 Å². The van der Waals surface area contributed by atoms with Crippen molar-refractivity contribution < 1.29 is 14.3 Å². The Hall–Kier alpha value is -0.810. The highest BCUT2D eigenvalue weighted by Crippen LogP contribution is 2.29. The minimum absolute atomic E-state index is 0.0224. The van der Waals surface area contributed by atoms with Gasteiger partial charge in [0.25, 0.3) is 0 Å². The summed E-state index contributed by atoms with van der Waals surface area (Å²) in [4.78, 5) is 11.8. The second-order valence-corrected chi connectivity index (χ2v) is 5.82. The van der Waals surface area contributed by atoms with E-state index in [1.807, 2.05) is 6.92 Å². The Kier molecular flexibility index (Phi) is 5.45. The lowest BCUT2D eigenvalue weighted by Crippen LogP contribution is -2.49. The van der Waals surface area contributed by atoms with Crippen molar-refractivity contribution in [2.45, 2.75) is 57.7 Å². The molecule has 110 valence electrons. The van der Waals surface area contributed by atoms with Crippen molar-refractivity contribution >= 4 is 6.03 Å². The van der Waals surface area contributed by atoms with E-state index in [0.29, 0.717) is 19.1 Å². The Morgan fingerprint density at radius 3 is 2.68 bits per heavy atom. The molecule has 19 heavy (non-hydrogen) atoms. The minimum atomic E-state index is -0.0850. The summed E-state index contributed by atoms with van der Waals surface area (Å²) in [5, 5.41) is 5.93. The van der Waals surface area contributed by atoms with Crippen molar-refractivity contribution in [3.63, 3.8) is 0 Å². The van der Waals surface area contributed by atoms with Gasteiger partial charge in [0.05, 0.1) is 25.4 Å². The molecule has 5 nitrogen and oxygen atoms in total. The van der Waals surface area contributed by atoms with Crippen molar-refractivity contribution in [2.24, 2.45) is 5.92 Å². The first-order valence-electron chi connectivity index (χ1n) is 7.41. The van der Waals surface area contributed by atoms with E-state index in [1.54, 1.807) is 0 Å². The van der Waals surface area contributed by atoms with E-state index in [0.717, 1.165) is 13.0 Å². The number of ether oxygens (including phenoxy) is 2. The van der Waals surface area contributed by atoms with Gasteiger partial charge in [-0.3, -0.25) is 0 Å². The number of carbonyl (C=O) groups excluding carboxylic acids is 1. The lowest BCUT2D eigenvalue weighted by atomic mass is 9.80. The Bertz CT molecular complexity index is 288. The third-order valence-corrected chi connectivity index (χ3v) is 4.06. The van der Waals surface area contributed by atoms with Gasteiger partial charge >= 0.3 is 6.03 Å². The zero-order chi connectivity index (χ0) is 13.7. The van der Waals surface area contributed by atoms with Crippen LogP contribution in [0.4, 0.5) is 4.79 Å². The summed E-state index contributed by atoms with van der Waals surface area (Å²) < 4.78 is 10.9. The lowest BCUT2D eigenvalue weighted by Gasteiger charge is -2.32. The van der Waals surface area contributed by atoms with Gasteiger partial charge < -0.3 is 20.1 Å². The van der Waals surface area contributed by atoms with Crippen LogP contribution in [-0.4, -0.2) is 44.0 Å². The molecule has 2 amide bonds. The lowest BCUT2D eigenvalue weighted by molar-refractivity contribution is 0.0337. The van der Waals surface area contributed by atoms with Crippen molar-refractivity contribution in [3.05, 3.63) is 0 Å². The van der Waals surface area contributed by atoms with Gasteiger partial charge in [0, 0.05) is 12.6 Å². The van der Waals surface area contributed by atoms with Crippen LogP contribution in [0.15, 0.2) is 0 Å². The van der Waals surface area contributed by atoms with Crippen LogP contribution in [0.1, 0.15) is 39.5 Å². The molecule has 0 unspecified atom stereocenters. The summed E-state index contributed by atoms with van der Waals surface area (Å²) >= 11 is 0. The molecule has 1 heterocycles. The van der Waals surface area contributed by atoms with Crippen LogP contribution >= 0.6 is 0 Å². The van der Waals surface area contributed by atoms with Crippen molar-refractivity contribution in [1.82, 2.24) is 10.6 Å². The molecule has 0 aromatic rings. The third-order valence-electron chi connectivity index (χ3n) is 4.06. The van der Waals surface area contributed by atoms with Gasteiger partial charge in [0.15, 0.2) is 0 Å². The second kappa shape index (κ2) is 7.10. The molecule has 0 spiro atoms. The van der Waals surface area contributed by atoms with E-state index in [4.69, 9.17) is 9.47 Å². The number of hydrogen-bond acceptors (Lipinski definition) is 3. The molecule has 2 N–H and O–H groups in total. The monoisotopic (exact) mass is 270 g/mol. The van der Waals surface area contributed by atoms with Gasteiger partial charge in [-0.15, -0.1) is 0 Å². The molecule has 2 fully saturated rings. The first kappa shape index (κ1) is 14.6. The van der Waals surface area contributed by atoms with Crippen LogP contribution in [0.25, 0.3) is 0 Å². The first-order chi connectivity index (χ1) is 9.15. The summed E-state index contributed by atoms with van der Waals surface area (Å²) in [6, 6.07) is 0.206. The van der Waals surface area contributed by atoms with Crippen LogP contribution in [0, 0.1) is 5.92 Å². The normalized spacial score (nSPS) is 26.5. The van der Waals surface area contributed by atoms with E-state index in [9.17, 15) is 4.79 Å². The quantitative estimate of drug-likeness (QED) is 0.772. The number of urea groups is 1. The molecular formula is C14H26N2O3. The maximum Gasteiger partial charge on any atom is 0.315 e. The van der Waals surface area contributed by atoms with Crippen LogP contribution in [0.3, 0.4) is 0 Å². The third kappa shape index (κ3) is 4.66. The van der Waals surface area contributed by atoms with Gasteiger partial charge in [-0.2, -0.15) is 0 Å². The topological polar surface area (TPSA) is 59.6 Å². The molecule has 5 heteroatoms. The fourth-order valence-corrected chi connectivity index (χ4v) is 2.50. The second-order valence-electron chi connectivity index (χ2n) is 5.82. The van der Waals surface area contributed by atoms with E-state index in [1.165, 1.54) is 19.3 Å². The first-order valence-corrected chi connectivity index (χ1v) is 7.41. The average Bonchev–Trinajstić information content (AvgIpc) is 2.75. The number of rotatable bonds is 6. The molecule has 0 aromatic heterocycles. The van der Waals surface area contributed by atoms with Crippen LogP contribution in [-0.2, 0) is 9.47 Å². The predicted octanol–water partition coefficient (Wildman–Crippen LogP) is 1.67. The standard InChI is InChI=1S/C14H26N2O3/c1-10(8-19-13-6-7-18-9-13)15-14(17)16-11(2)12-4-3-5-12/h10-13H,3-9H2,1-2H3,(H2,15,16,17)/t10-,11+,13+/m1/s1. The van der Waals surface area contributed by atoms with Gasteiger partial charge in [0.2, 0.25) is 0 Å². The zero-order valence-corrected chi connectivity index (χ0v) is 12.0. The molecule has 3 atom stereocenters. The fourth-order valence-electron chi connectivity index (χ4n) is 2.50. The highest BCUT2D eigenvalue weighted by molar-refractivity contribution is 5.74. The van der Waals surface area contributed by atoms with Crippen LogP contribution in [0.2, 0.25) is 0 Å². The maximum atomic E-state index is 11.8. The fraction of sp³-hybridized carbons (Fsp3) is 0.929. The zero-order valence-electron chi connectivity index (χ0n) is 12.0. The summed E-state index contributed by atoms with van der Waals surface area (Å²) in [5.41, 5.74) is 0. The molecule has 0 radical (unpaired) electrons. The molecule has 0 bridgehead atoms. The Balaban J connectivity index is 1.57. The van der Waals surface area contributed by atoms with Crippen molar-refractivity contribution in [2.75, 3.05) is 19.8 Å². The largest absolute Gasteiger partial charge is 0.379 e. The van der Waals surface area contributed by atoms with Crippen LogP contribution in [0.5, 0.6) is 0 Å². The van der Waals surface area contributed by atoms with Crippen LogP contribution < -0.4 is 10.6 Å². The minimum Gasteiger partial charge on any atom is -0.379 e. The Morgan fingerprint density at radius 1 is 1.32 bits per heavy atom. The summed E-state index contributed by atoms with van der Waals surface area (Å²) in [6.45, 7) is 6.05. The Labute approximate surface area is 115 Å². The molecule has 0 aromatic carbocycles. The number of hydrogen-bond donors (Lipinski definition) is 2. The number of nitrogens with one attached hydrogen (secondary N) is 2. The highest BCUT2D eigenvalue weighted by Gasteiger charge is 2.25. The molecule has 1 saturated carbocycles. The van der Waals surface area contributed by atoms with E-state index >= 15 is 0 Å².